The van der Waals surface area contributed by atoms with Crippen LogP contribution in [0.3, 0.4) is 0 Å². The molecule has 2 heterocycles. The SMILES string of the molecule is Cc1c(C(=O)NCc2cccnc2)cnn1-c1cccc(C(F)(F)F)c1. The molecule has 5 nitrogen and oxygen atoms in total. The molecule has 0 unspecified atom stereocenters. The van der Waals surface area contributed by atoms with E-state index >= 15 is 0 Å². The maximum atomic E-state index is 12.9. The minimum absolute atomic E-state index is 0.239. The van der Waals surface area contributed by atoms with Gasteiger partial charge in [-0.15, -0.1) is 0 Å². The van der Waals surface area contributed by atoms with Crippen molar-refractivity contribution in [3.05, 3.63) is 77.4 Å². The molecule has 3 rings (SSSR count). The van der Waals surface area contributed by atoms with Gasteiger partial charge >= 0.3 is 6.18 Å². The van der Waals surface area contributed by atoms with Gasteiger partial charge in [-0.25, -0.2) is 4.68 Å². The van der Waals surface area contributed by atoms with E-state index in [2.05, 4.69) is 15.4 Å². The molecule has 1 N–H and O–H groups in total. The van der Waals surface area contributed by atoms with Crippen LogP contribution in [0.1, 0.15) is 27.2 Å². The van der Waals surface area contributed by atoms with E-state index in [-0.39, 0.29) is 11.6 Å². The first-order valence-corrected chi connectivity index (χ1v) is 7.75. The van der Waals surface area contributed by atoms with Crippen LogP contribution in [0.15, 0.2) is 55.0 Å². The number of alkyl halides is 3. The van der Waals surface area contributed by atoms with Gasteiger partial charge in [0.2, 0.25) is 0 Å². The molecular formula is C18H15F3N4O. The average Bonchev–Trinajstić information content (AvgIpc) is 3.01. The predicted octanol–water partition coefficient (Wildman–Crippen LogP) is 3.52. The number of carbonyl (C=O) groups excluding carboxylic acids is 1. The number of hydrogen-bond acceptors (Lipinski definition) is 3. The van der Waals surface area contributed by atoms with Crippen LogP contribution < -0.4 is 5.32 Å². The highest BCUT2D eigenvalue weighted by Crippen LogP contribution is 2.30. The van der Waals surface area contributed by atoms with Gasteiger partial charge in [0, 0.05) is 18.9 Å². The first kappa shape index (κ1) is 17.7. The smallest absolute Gasteiger partial charge is 0.348 e. The van der Waals surface area contributed by atoms with Gasteiger partial charge in [0.05, 0.1) is 28.7 Å². The summed E-state index contributed by atoms with van der Waals surface area (Å²) in [4.78, 5) is 16.3. The topological polar surface area (TPSA) is 59.8 Å². The molecule has 0 atom stereocenters. The molecule has 0 fully saturated rings. The van der Waals surface area contributed by atoms with Crippen LogP contribution in [0.5, 0.6) is 0 Å². The van der Waals surface area contributed by atoms with Gasteiger partial charge in [-0.05, 0) is 36.8 Å². The Morgan fingerprint density at radius 2 is 2.00 bits per heavy atom. The molecule has 0 saturated heterocycles. The lowest BCUT2D eigenvalue weighted by molar-refractivity contribution is -0.137. The number of halogens is 3. The van der Waals surface area contributed by atoms with Gasteiger partial charge in [-0.1, -0.05) is 12.1 Å². The average molecular weight is 360 g/mol. The van der Waals surface area contributed by atoms with E-state index in [4.69, 9.17) is 0 Å². The Bertz CT molecular complexity index is 920. The minimum Gasteiger partial charge on any atom is -0.348 e. The Balaban J connectivity index is 1.81. The summed E-state index contributed by atoms with van der Waals surface area (Å²) in [6.45, 7) is 1.92. The second kappa shape index (κ2) is 6.99. The van der Waals surface area contributed by atoms with Crippen molar-refractivity contribution in [1.29, 1.82) is 0 Å². The molecule has 0 aliphatic heterocycles. The number of nitrogens with one attached hydrogen (secondary N) is 1. The van der Waals surface area contributed by atoms with Crippen LogP contribution in [0.4, 0.5) is 13.2 Å². The van der Waals surface area contributed by atoms with Crippen LogP contribution in [-0.4, -0.2) is 20.7 Å². The van der Waals surface area contributed by atoms with E-state index in [1.165, 1.54) is 23.0 Å². The standard InChI is InChI=1S/C18H15F3N4O/c1-12-16(17(26)23-10-13-4-3-7-22-9-13)11-24-25(12)15-6-2-5-14(8-15)18(19,20)21/h2-9,11H,10H2,1H3,(H,23,26). The van der Waals surface area contributed by atoms with Gasteiger partial charge in [0.25, 0.3) is 5.91 Å². The summed E-state index contributed by atoms with van der Waals surface area (Å²) in [6, 6.07) is 8.39. The van der Waals surface area contributed by atoms with E-state index in [9.17, 15) is 18.0 Å². The monoisotopic (exact) mass is 360 g/mol. The van der Waals surface area contributed by atoms with Crippen molar-refractivity contribution >= 4 is 5.91 Å². The number of nitrogens with zero attached hydrogens (tertiary/aromatic N) is 3. The lowest BCUT2D eigenvalue weighted by atomic mass is 10.2. The largest absolute Gasteiger partial charge is 0.416 e. The number of pyridine rings is 1. The number of hydrogen-bond donors (Lipinski definition) is 1. The first-order chi connectivity index (χ1) is 12.4. The highest BCUT2D eigenvalue weighted by atomic mass is 19.4. The molecule has 134 valence electrons. The summed E-state index contributed by atoms with van der Waals surface area (Å²) >= 11 is 0. The molecule has 0 aliphatic carbocycles. The third-order valence-electron chi connectivity index (χ3n) is 3.85. The molecule has 0 aliphatic rings. The summed E-state index contributed by atoms with van der Waals surface area (Å²) in [5.74, 6) is -0.357. The first-order valence-electron chi connectivity index (χ1n) is 7.75. The molecular weight excluding hydrogens is 345 g/mol. The summed E-state index contributed by atoms with van der Waals surface area (Å²) in [7, 11) is 0. The number of amides is 1. The van der Waals surface area contributed by atoms with E-state index in [1.807, 2.05) is 6.07 Å². The van der Waals surface area contributed by atoms with Crippen molar-refractivity contribution in [2.45, 2.75) is 19.6 Å². The number of carbonyl (C=O) groups is 1. The normalized spacial score (nSPS) is 11.4. The Labute approximate surface area is 147 Å². The van der Waals surface area contributed by atoms with Gasteiger partial charge in [-0.2, -0.15) is 18.3 Å². The minimum atomic E-state index is -4.44. The second-order valence-electron chi connectivity index (χ2n) is 5.65. The highest BCUT2D eigenvalue weighted by molar-refractivity contribution is 5.95. The fraction of sp³-hybridized carbons (Fsp3) is 0.167. The van der Waals surface area contributed by atoms with Crippen molar-refractivity contribution in [2.75, 3.05) is 0 Å². The molecule has 0 bridgehead atoms. The third kappa shape index (κ3) is 3.74. The second-order valence-corrected chi connectivity index (χ2v) is 5.65. The van der Waals surface area contributed by atoms with Crippen molar-refractivity contribution in [1.82, 2.24) is 20.1 Å². The Morgan fingerprint density at radius 1 is 1.19 bits per heavy atom. The Kier molecular flexibility index (Phi) is 4.75. The number of aromatic nitrogens is 3. The molecule has 26 heavy (non-hydrogen) atoms. The zero-order valence-electron chi connectivity index (χ0n) is 13.8. The van der Waals surface area contributed by atoms with Gasteiger partial charge < -0.3 is 5.32 Å². The van der Waals surface area contributed by atoms with Gasteiger partial charge in [0.1, 0.15) is 0 Å². The fourth-order valence-corrected chi connectivity index (χ4v) is 2.49. The summed E-state index contributed by atoms with van der Waals surface area (Å²) < 4.78 is 40.0. The van der Waals surface area contributed by atoms with Crippen LogP contribution in [0.25, 0.3) is 5.69 Å². The molecule has 0 saturated carbocycles. The van der Waals surface area contributed by atoms with E-state index in [1.54, 1.807) is 25.4 Å². The Hall–Kier alpha value is -3.16. The van der Waals surface area contributed by atoms with Crippen LogP contribution in [0, 0.1) is 6.92 Å². The fourth-order valence-electron chi connectivity index (χ4n) is 2.49. The van der Waals surface area contributed by atoms with E-state index in [0.29, 0.717) is 17.8 Å². The van der Waals surface area contributed by atoms with Crippen molar-refractivity contribution < 1.29 is 18.0 Å². The van der Waals surface area contributed by atoms with Crippen molar-refractivity contribution in [3.63, 3.8) is 0 Å². The lowest BCUT2D eigenvalue weighted by Crippen LogP contribution is -2.23. The predicted molar refractivity (Wildman–Crippen MR) is 88.7 cm³/mol. The Morgan fingerprint density at radius 3 is 2.69 bits per heavy atom. The maximum absolute atomic E-state index is 12.9. The lowest BCUT2D eigenvalue weighted by Gasteiger charge is -2.10. The molecule has 0 radical (unpaired) electrons. The third-order valence-corrected chi connectivity index (χ3v) is 3.85. The van der Waals surface area contributed by atoms with E-state index < -0.39 is 11.7 Å². The highest BCUT2D eigenvalue weighted by Gasteiger charge is 2.30. The van der Waals surface area contributed by atoms with Crippen LogP contribution in [0.2, 0.25) is 0 Å². The zero-order valence-corrected chi connectivity index (χ0v) is 13.8. The quantitative estimate of drug-likeness (QED) is 0.774. The maximum Gasteiger partial charge on any atom is 0.416 e. The summed E-state index contributed by atoms with van der Waals surface area (Å²) in [6.07, 6.45) is 0.170. The molecule has 3 aromatic rings. The molecule has 2 aromatic heterocycles. The number of benzene rings is 1. The summed E-state index contributed by atoms with van der Waals surface area (Å²) in [5.41, 5.74) is 1.05. The zero-order chi connectivity index (χ0) is 18.7. The van der Waals surface area contributed by atoms with Gasteiger partial charge in [0.15, 0.2) is 0 Å². The summed E-state index contributed by atoms with van der Waals surface area (Å²) in [5, 5.41) is 6.81. The van der Waals surface area contributed by atoms with E-state index in [0.717, 1.165) is 17.7 Å². The molecule has 8 heteroatoms. The van der Waals surface area contributed by atoms with Crippen molar-refractivity contribution in [3.8, 4) is 5.69 Å². The van der Waals surface area contributed by atoms with Crippen LogP contribution in [-0.2, 0) is 12.7 Å². The molecule has 1 aromatic carbocycles. The number of rotatable bonds is 4. The molecule has 0 spiro atoms. The van der Waals surface area contributed by atoms with Gasteiger partial charge in [-0.3, -0.25) is 9.78 Å². The van der Waals surface area contributed by atoms with Crippen LogP contribution >= 0.6 is 0 Å². The van der Waals surface area contributed by atoms with Crippen molar-refractivity contribution in [2.24, 2.45) is 0 Å². The molecule has 1 amide bonds.